The molecule has 152 valence electrons. The third-order valence-electron chi connectivity index (χ3n) is 3.61. The van der Waals surface area contributed by atoms with Gasteiger partial charge in [0.05, 0.1) is 26.9 Å². The van der Waals surface area contributed by atoms with Gasteiger partial charge in [-0.25, -0.2) is 15.3 Å². The number of amides is 3. The predicted octanol–water partition coefficient (Wildman–Crippen LogP) is 2.51. The Labute approximate surface area is 167 Å². The molecule has 0 aliphatic carbocycles. The Morgan fingerprint density at radius 2 is 1.96 bits per heavy atom. The van der Waals surface area contributed by atoms with Crippen molar-refractivity contribution in [3.05, 3.63) is 40.3 Å². The highest BCUT2D eigenvalue weighted by Crippen LogP contribution is 2.17. The van der Waals surface area contributed by atoms with Crippen LogP contribution in [-0.2, 0) is 16.1 Å². The van der Waals surface area contributed by atoms with Gasteiger partial charge < -0.3 is 19.7 Å². The number of aromatic nitrogens is 1. The molecule has 0 unspecified atom stereocenters. The zero-order chi connectivity index (χ0) is 20.4. The summed E-state index contributed by atoms with van der Waals surface area (Å²) in [7, 11) is 3.15. The van der Waals surface area contributed by atoms with Gasteiger partial charge in [-0.15, -0.1) is 11.3 Å². The van der Waals surface area contributed by atoms with E-state index < -0.39 is 5.91 Å². The van der Waals surface area contributed by atoms with Gasteiger partial charge >= 0.3 is 6.03 Å². The van der Waals surface area contributed by atoms with Gasteiger partial charge in [-0.1, -0.05) is 0 Å². The SMILES string of the molecule is CCONC(=O)c1csc(CN(CCOC)C(=O)Nc2ccc(OC)cc2)n1. The molecular formula is C18H24N4O5S. The summed E-state index contributed by atoms with van der Waals surface area (Å²) in [6, 6.07) is 6.74. The normalized spacial score (nSPS) is 10.4. The van der Waals surface area contributed by atoms with E-state index in [-0.39, 0.29) is 18.3 Å². The monoisotopic (exact) mass is 408 g/mol. The second-order valence-corrected chi connectivity index (χ2v) is 6.51. The topological polar surface area (TPSA) is 102 Å². The van der Waals surface area contributed by atoms with E-state index >= 15 is 0 Å². The van der Waals surface area contributed by atoms with Crippen LogP contribution in [0.4, 0.5) is 10.5 Å². The highest BCUT2D eigenvalue weighted by molar-refractivity contribution is 7.09. The summed E-state index contributed by atoms with van der Waals surface area (Å²) >= 11 is 1.30. The molecule has 0 saturated heterocycles. The van der Waals surface area contributed by atoms with Crippen molar-refractivity contribution >= 4 is 29.0 Å². The molecule has 2 N–H and O–H groups in total. The molecule has 1 aromatic heterocycles. The summed E-state index contributed by atoms with van der Waals surface area (Å²) in [6.07, 6.45) is 0. The zero-order valence-electron chi connectivity index (χ0n) is 16.1. The maximum atomic E-state index is 12.7. The molecule has 0 spiro atoms. The molecule has 0 aliphatic rings. The van der Waals surface area contributed by atoms with Gasteiger partial charge in [-0.3, -0.25) is 9.63 Å². The average molecular weight is 408 g/mol. The van der Waals surface area contributed by atoms with Crippen molar-refractivity contribution in [3.8, 4) is 5.75 Å². The minimum Gasteiger partial charge on any atom is -0.497 e. The van der Waals surface area contributed by atoms with Gasteiger partial charge in [0.2, 0.25) is 0 Å². The summed E-state index contributed by atoms with van der Waals surface area (Å²) in [5, 5.41) is 5.09. The van der Waals surface area contributed by atoms with Crippen LogP contribution >= 0.6 is 11.3 Å². The lowest BCUT2D eigenvalue weighted by molar-refractivity contribution is 0.0360. The van der Waals surface area contributed by atoms with E-state index in [1.165, 1.54) is 11.3 Å². The Balaban J connectivity index is 2.02. The molecule has 0 fully saturated rings. The maximum absolute atomic E-state index is 12.7. The Kier molecular flexibility index (Phi) is 8.66. The van der Waals surface area contributed by atoms with Crippen molar-refractivity contribution in [3.63, 3.8) is 0 Å². The Morgan fingerprint density at radius 1 is 1.21 bits per heavy atom. The van der Waals surface area contributed by atoms with Crippen molar-refractivity contribution < 1.29 is 23.9 Å². The zero-order valence-corrected chi connectivity index (χ0v) is 16.9. The molecule has 0 bridgehead atoms. The minimum atomic E-state index is -0.421. The van der Waals surface area contributed by atoms with Gasteiger partial charge in [0, 0.05) is 24.7 Å². The number of urea groups is 1. The maximum Gasteiger partial charge on any atom is 0.322 e. The van der Waals surface area contributed by atoms with Crippen molar-refractivity contribution in [2.24, 2.45) is 0 Å². The number of anilines is 1. The van der Waals surface area contributed by atoms with Crippen LogP contribution in [0, 0.1) is 0 Å². The molecule has 1 heterocycles. The first kappa shape index (κ1) is 21.6. The number of hydrogen-bond acceptors (Lipinski definition) is 7. The number of rotatable bonds is 10. The highest BCUT2D eigenvalue weighted by Gasteiger charge is 2.18. The number of hydrogen-bond donors (Lipinski definition) is 2. The lowest BCUT2D eigenvalue weighted by Gasteiger charge is -2.21. The van der Waals surface area contributed by atoms with E-state index in [9.17, 15) is 9.59 Å². The molecule has 2 rings (SSSR count). The van der Waals surface area contributed by atoms with E-state index in [0.29, 0.717) is 36.2 Å². The van der Waals surface area contributed by atoms with Crippen molar-refractivity contribution in [1.82, 2.24) is 15.4 Å². The minimum absolute atomic E-state index is 0.246. The predicted molar refractivity (Wildman–Crippen MR) is 106 cm³/mol. The van der Waals surface area contributed by atoms with E-state index in [2.05, 4.69) is 15.8 Å². The number of nitrogens with one attached hydrogen (secondary N) is 2. The van der Waals surface area contributed by atoms with Crippen LogP contribution in [0.5, 0.6) is 5.75 Å². The molecular weight excluding hydrogens is 384 g/mol. The standard InChI is InChI=1S/C18H24N4O5S/c1-4-27-21-17(23)15-12-28-16(20-15)11-22(9-10-25-2)18(24)19-13-5-7-14(26-3)8-6-13/h5-8,12H,4,9-11H2,1-3H3,(H,19,24)(H,21,23). The summed E-state index contributed by atoms with van der Waals surface area (Å²) < 4.78 is 10.2. The third-order valence-corrected chi connectivity index (χ3v) is 4.45. The van der Waals surface area contributed by atoms with Gasteiger partial charge in [-0.2, -0.15) is 0 Å². The molecule has 0 saturated carbocycles. The van der Waals surface area contributed by atoms with Crippen LogP contribution in [0.15, 0.2) is 29.6 Å². The molecule has 28 heavy (non-hydrogen) atoms. The van der Waals surface area contributed by atoms with E-state index in [0.717, 1.165) is 0 Å². The second-order valence-electron chi connectivity index (χ2n) is 5.56. The van der Waals surface area contributed by atoms with Crippen LogP contribution in [0.2, 0.25) is 0 Å². The Hall–Kier alpha value is -2.69. The molecule has 1 aromatic carbocycles. The number of benzene rings is 1. The molecule has 0 radical (unpaired) electrons. The van der Waals surface area contributed by atoms with Crippen LogP contribution < -0.4 is 15.5 Å². The smallest absolute Gasteiger partial charge is 0.322 e. The number of ether oxygens (including phenoxy) is 2. The summed E-state index contributed by atoms with van der Waals surface area (Å²) in [5.41, 5.74) is 3.19. The number of carbonyl (C=O) groups excluding carboxylic acids is 2. The van der Waals surface area contributed by atoms with Crippen LogP contribution in [-0.4, -0.2) is 55.8 Å². The number of methoxy groups -OCH3 is 2. The fraction of sp³-hybridized carbons (Fsp3) is 0.389. The molecule has 3 amide bonds. The first-order chi connectivity index (χ1) is 13.6. The molecule has 0 atom stereocenters. The first-order valence-corrected chi connectivity index (χ1v) is 9.50. The second kappa shape index (κ2) is 11.2. The van der Waals surface area contributed by atoms with Crippen molar-refractivity contribution in [1.29, 1.82) is 0 Å². The molecule has 10 heteroatoms. The number of nitrogens with zero attached hydrogens (tertiary/aromatic N) is 2. The van der Waals surface area contributed by atoms with E-state index in [1.807, 2.05) is 0 Å². The number of carbonyl (C=O) groups is 2. The van der Waals surface area contributed by atoms with Crippen LogP contribution in [0.3, 0.4) is 0 Å². The van der Waals surface area contributed by atoms with Gasteiger partial charge in [-0.05, 0) is 31.2 Å². The number of thiazole rings is 1. The lowest BCUT2D eigenvalue weighted by Crippen LogP contribution is -2.36. The molecule has 2 aromatic rings. The summed E-state index contributed by atoms with van der Waals surface area (Å²) in [6.45, 7) is 3.12. The van der Waals surface area contributed by atoms with Crippen molar-refractivity contribution in [2.45, 2.75) is 13.5 Å². The van der Waals surface area contributed by atoms with E-state index in [4.69, 9.17) is 14.3 Å². The van der Waals surface area contributed by atoms with Crippen LogP contribution in [0.1, 0.15) is 22.4 Å². The fourth-order valence-electron chi connectivity index (χ4n) is 2.17. The molecule has 9 nitrogen and oxygen atoms in total. The fourth-order valence-corrected chi connectivity index (χ4v) is 2.96. The largest absolute Gasteiger partial charge is 0.497 e. The Bertz CT molecular complexity index is 766. The van der Waals surface area contributed by atoms with E-state index in [1.54, 1.807) is 55.7 Å². The Morgan fingerprint density at radius 3 is 2.61 bits per heavy atom. The quantitative estimate of drug-likeness (QED) is 0.586. The average Bonchev–Trinajstić information content (AvgIpc) is 3.18. The van der Waals surface area contributed by atoms with Gasteiger partial charge in [0.15, 0.2) is 0 Å². The van der Waals surface area contributed by atoms with Gasteiger partial charge in [0.25, 0.3) is 5.91 Å². The highest BCUT2D eigenvalue weighted by atomic mass is 32.1. The summed E-state index contributed by atoms with van der Waals surface area (Å²) in [4.78, 5) is 35.3. The molecule has 0 aliphatic heterocycles. The number of hydroxylamine groups is 1. The lowest BCUT2D eigenvalue weighted by atomic mass is 10.3. The first-order valence-electron chi connectivity index (χ1n) is 8.62. The summed E-state index contributed by atoms with van der Waals surface area (Å²) in [5.74, 6) is 0.283. The third kappa shape index (κ3) is 6.48. The van der Waals surface area contributed by atoms with Crippen LogP contribution in [0.25, 0.3) is 0 Å². The van der Waals surface area contributed by atoms with Crippen molar-refractivity contribution in [2.75, 3.05) is 39.3 Å². The van der Waals surface area contributed by atoms with Gasteiger partial charge in [0.1, 0.15) is 16.5 Å².